The molecule has 0 amide bonds. The van der Waals surface area contributed by atoms with Crippen LogP contribution in [0.1, 0.15) is 44.9 Å². The zero-order chi connectivity index (χ0) is 15.6. The van der Waals surface area contributed by atoms with E-state index >= 15 is 0 Å². The van der Waals surface area contributed by atoms with Crippen LogP contribution in [-0.4, -0.2) is 22.5 Å². The van der Waals surface area contributed by atoms with Crippen molar-refractivity contribution in [1.29, 1.82) is 0 Å². The Bertz CT molecular complexity index is 753. The lowest BCUT2D eigenvalue weighted by Crippen LogP contribution is -2.26. The summed E-state index contributed by atoms with van der Waals surface area (Å²) in [6.45, 7) is 2.06. The Labute approximate surface area is 128 Å². The van der Waals surface area contributed by atoms with Crippen molar-refractivity contribution < 1.29 is 9.59 Å². The number of hydrogen-bond donors (Lipinski definition) is 2. The Morgan fingerprint density at radius 1 is 0.773 bits per heavy atom. The maximum atomic E-state index is 11.0. The van der Waals surface area contributed by atoms with Crippen molar-refractivity contribution in [3.05, 3.63) is 82.9 Å². The minimum absolute atomic E-state index is 0.510. The lowest BCUT2D eigenvalue weighted by molar-refractivity contribution is 0.111. The molecule has 0 spiro atoms. The number of hydrogen-bond acceptors (Lipinski definition) is 2. The molecule has 0 unspecified atom stereocenters. The normalized spacial score (nSPS) is 11.3. The number of benzene rings is 1. The Morgan fingerprint density at radius 3 is 1.68 bits per heavy atom. The molecular weight excluding hydrogens is 276 g/mol. The first kappa shape index (κ1) is 14.1. The van der Waals surface area contributed by atoms with Crippen molar-refractivity contribution >= 4 is 12.6 Å². The van der Waals surface area contributed by atoms with Gasteiger partial charge in [-0.25, -0.2) is 0 Å². The summed E-state index contributed by atoms with van der Waals surface area (Å²) in [7, 11) is 0. The molecule has 0 bridgehead atoms. The molecular formula is C18H16N2O2. The van der Waals surface area contributed by atoms with E-state index in [0.29, 0.717) is 11.4 Å². The topological polar surface area (TPSA) is 65.7 Å². The highest BCUT2D eigenvalue weighted by Crippen LogP contribution is 2.37. The third-order valence-electron chi connectivity index (χ3n) is 4.10. The largest absolute Gasteiger partial charge is 0.355 e. The van der Waals surface area contributed by atoms with Gasteiger partial charge < -0.3 is 9.97 Å². The summed E-state index contributed by atoms with van der Waals surface area (Å²) in [6.07, 6.45) is 1.58. The molecule has 0 atom stereocenters. The average molecular weight is 292 g/mol. The fourth-order valence-corrected chi connectivity index (χ4v) is 2.77. The van der Waals surface area contributed by atoms with E-state index in [2.05, 4.69) is 16.9 Å². The van der Waals surface area contributed by atoms with E-state index in [0.717, 1.165) is 29.5 Å². The molecule has 3 aromatic rings. The first-order chi connectivity index (χ1) is 10.7. The van der Waals surface area contributed by atoms with Crippen molar-refractivity contribution in [2.75, 3.05) is 0 Å². The summed E-state index contributed by atoms with van der Waals surface area (Å²) in [5.41, 5.74) is 3.39. The molecule has 0 saturated heterocycles. The molecule has 2 heterocycles. The average Bonchev–Trinajstić information content (AvgIpc) is 3.24. The van der Waals surface area contributed by atoms with Gasteiger partial charge in [-0.1, -0.05) is 30.3 Å². The van der Waals surface area contributed by atoms with Crippen LogP contribution in [0.4, 0.5) is 0 Å². The van der Waals surface area contributed by atoms with Crippen molar-refractivity contribution in [2.45, 2.75) is 12.3 Å². The third-order valence-corrected chi connectivity index (χ3v) is 4.10. The smallest absolute Gasteiger partial charge is 0.166 e. The van der Waals surface area contributed by atoms with Crippen molar-refractivity contribution in [1.82, 2.24) is 9.97 Å². The summed E-state index contributed by atoms with van der Waals surface area (Å²) in [5, 5.41) is 0. The SMILES string of the molecule is CC(c1ccccc1)(c1ccc(C=O)[nH]1)c1ccc(C=O)[nH]1. The number of carbonyl (C=O) groups excluding carboxylic acids is 2. The minimum atomic E-state index is -0.510. The quantitative estimate of drug-likeness (QED) is 0.708. The van der Waals surface area contributed by atoms with Gasteiger partial charge in [0.05, 0.1) is 16.8 Å². The van der Waals surface area contributed by atoms with Gasteiger partial charge in [0.1, 0.15) is 0 Å². The van der Waals surface area contributed by atoms with Crippen molar-refractivity contribution in [3.8, 4) is 0 Å². The second kappa shape index (κ2) is 5.48. The monoisotopic (exact) mass is 292 g/mol. The molecule has 0 aliphatic carbocycles. The van der Waals surface area contributed by atoms with Crippen LogP contribution in [0.3, 0.4) is 0 Å². The summed E-state index contributed by atoms with van der Waals surface area (Å²) in [6, 6.07) is 17.3. The molecule has 0 fully saturated rings. The van der Waals surface area contributed by atoms with Gasteiger partial charge in [0.2, 0.25) is 0 Å². The van der Waals surface area contributed by atoms with Crippen LogP contribution in [0.5, 0.6) is 0 Å². The zero-order valence-corrected chi connectivity index (χ0v) is 12.2. The summed E-state index contributed by atoms with van der Waals surface area (Å²) in [5.74, 6) is 0. The van der Waals surface area contributed by atoms with Gasteiger partial charge in [-0.3, -0.25) is 9.59 Å². The maximum absolute atomic E-state index is 11.0. The Balaban J connectivity index is 2.21. The predicted molar refractivity (Wildman–Crippen MR) is 84.4 cm³/mol. The van der Waals surface area contributed by atoms with E-state index in [1.54, 1.807) is 12.1 Å². The summed E-state index contributed by atoms with van der Waals surface area (Å²) >= 11 is 0. The number of aromatic amines is 2. The Hall–Kier alpha value is -2.88. The second-order valence-corrected chi connectivity index (χ2v) is 5.38. The van der Waals surface area contributed by atoms with Crippen molar-refractivity contribution in [2.24, 2.45) is 0 Å². The van der Waals surface area contributed by atoms with Gasteiger partial charge in [-0.2, -0.15) is 0 Å². The number of H-pyrrole nitrogens is 2. The fourth-order valence-electron chi connectivity index (χ4n) is 2.77. The van der Waals surface area contributed by atoms with Gasteiger partial charge in [0, 0.05) is 11.4 Å². The second-order valence-electron chi connectivity index (χ2n) is 5.38. The molecule has 0 radical (unpaired) electrons. The first-order valence-electron chi connectivity index (χ1n) is 7.03. The van der Waals surface area contributed by atoms with Gasteiger partial charge >= 0.3 is 0 Å². The van der Waals surface area contributed by atoms with Gasteiger partial charge in [-0.15, -0.1) is 0 Å². The summed E-state index contributed by atoms with van der Waals surface area (Å²) in [4.78, 5) is 28.3. The highest BCUT2D eigenvalue weighted by Gasteiger charge is 2.33. The van der Waals surface area contributed by atoms with Crippen LogP contribution in [0.15, 0.2) is 54.6 Å². The number of nitrogens with one attached hydrogen (secondary N) is 2. The number of aromatic nitrogens is 2. The molecule has 110 valence electrons. The predicted octanol–water partition coefficient (Wildman–Crippen LogP) is 3.32. The lowest BCUT2D eigenvalue weighted by atomic mass is 9.77. The summed E-state index contributed by atoms with van der Waals surface area (Å²) < 4.78 is 0. The number of carbonyl (C=O) groups is 2. The highest BCUT2D eigenvalue weighted by atomic mass is 16.1. The van der Waals surface area contributed by atoms with Crippen LogP contribution in [-0.2, 0) is 5.41 Å². The van der Waals surface area contributed by atoms with E-state index < -0.39 is 5.41 Å². The Kier molecular flexibility index (Phi) is 3.51. The lowest BCUT2D eigenvalue weighted by Gasteiger charge is -2.29. The molecule has 2 N–H and O–H groups in total. The third kappa shape index (κ3) is 2.19. The molecule has 4 heteroatoms. The first-order valence-corrected chi connectivity index (χ1v) is 7.03. The van der Waals surface area contributed by atoms with Gasteiger partial charge in [0.15, 0.2) is 12.6 Å². The van der Waals surface area contributed by atoms with Crippen LogP contribution >= 0.6 is 0 Å². The van der Waals surface area contributed by atoms with E-state index in [1.807, 2.05) is 42.5 Å². The minimum Gasteiger partial charge on any atom is -0.355 e. The standard InChI is InChI=1S/C18H16N2O2/c1-18(13-5-3-2-4-6-13,16-9-7-14(11-21)19-16)17-10-8-15(12-22)20-17/h2-12,19-20H,1H3. The van der Waals surface area contributed by atoms with Gasteiger partial charge in [0.25, 0.3) is 0 Å². The van der Waals surface area contributed by atoms with E-state index in [-0.39, 0.29) is 0 Å². The molecule has 22 heavy (non-hydrogen) atoms. The molecule has 0 aliphatic heterocycles. The number of rotatable bonds is 5. The molecule has 0 saturated carbocycles. The van der Waals surface area contributed by atoms with Gasteiger partial charge in [-0.05, 0) is 36.8 Å². The van der Waals surface area contributed by atoms with Crippen LogP contribution in [0, 0.1) is 0 Å². The maximum Gasteiger partial charge on any atom is 0.166 e. The zero-order valence-electron chi connectivity index (χ0n) is 12.2. The van der Waals surface area contributed by atoms with E-state index in [9.17, 15) is 9.59 Å². The van der Waals surface area contributed by atoms with Crippen LogP contribution in [0.2, 0.25) is 0 Å². The molecule has 4 nitrogen and oxygen atoms in total. The molecule has 1 aromatic carbocycles. The fraction of sp³-hybridized carbons (Fsp3) is 0.111. The molecule has 3 rings (SSSR count). The van der Waals surface area contributed by atoms with E-state index in [1.165, 1.54) is 0 Å². The molecule has 2 aromatic heterocycles. The van der Waals surface area contributed by atoms with Crippen LogP contribution in [0.25, 0.3) is 0 Å². The highest BCUT2D eigenvalue weighted by molar-refractivity contribution is 5.73. The van der Waals surface area contributed by atoms with Crippen molar-refractivity contribution in [3.63, 3.8) is 0 Å². The van der Waals surface area contributed by atoms with E-state index in [4.69, 9.17) is 0 Å². The molecule has 0 aliphatic rings. The number of aldehydes is 2. The van der Waals surface area contributed by atoms with Crippen LogP contribution < -0.4 is 0 Å². The Morgan fingerprint density at radius 2 is 1.27 bits per heavy atom.